The number of thiophene rings is 1. The van der Waals surface area contributed by atoms with Crippen molar-refractivity contribution in [1.29, 1.82) is 0 Å². The fraction of sp³-hybridized carbons (Fsp3) is 0.143. The topological polar surface area (TPSA) is 46.2 Å². The van der Waals surface area contributed by atoms with Crippen LogP contribution in [0, 0.1) is 3.57 Å². The van der Waals surface area contributed by atoms with Crippen molar-refractivity contribution < 1.29 is 9.59 Å². The third kappa shape index (κ3) is 4.57. The van der Waals surface area contributed by atoms with Gasteiger partial charge in [0.1, 0.15) is 0 Å². The number of benzene rings is 1. The van der Waals surface area contributed by atoms with E-state index >= 15 is 0 Å². The highest BCUT2D eigenvalue weighted by atomic mass is 127. The lowest BCUT2D eigenvalue weighted by Gasteiger charge is -2.04. The molecule has 0 unspecified atom stereocenters. The Balaban J connectivity index is 1.83. The second kappa shape index (κ2) is 7.19. The quantitative estimate of drug-likeness (QED) is 0.568. The van der Waals surface area contributed by atoms with Crippen molar-refractivity contribution in [1.82, 2.24) is 0 Å². The van der Waals surface area contributed by atoms with Gasteiger partial charge in [-0.3, -0.25) is 9.59 Å². The third-order valence-electron chi connectivity index (χ3n) is 2.56. The highest BCUT2D eigenvalue weighted by Crippen LogP contribution is 2.23. The van der Waals surface area contributed by atoms with E-state index in [4.69, 9.17) is 11.6 Å². The fourth-order valence-electron chi connectivity index (χ4n) is 1.57. The Bertz CT molecular complexity index is 624. The van der Waals surface area contributed by atoms with Gasteiger partial charge < -0.3 is 5.32 Å². The number of amides is 1. The highest BCUT2D eigenvalue weighted by Gasteiger charge is 2.11. The Labute approximate surface area is 139 Å². The largest absolute Gasteiger partial charge is 0.326 e. The van der Waals surface area contributed by atoms with Crippen molar-refractivity contribution in [3.05, 3.63) is 49.2 Å². The number of carbonyl (C=O) groups excluding carboxylic acids is 2. The van der Waals surface area contributed by atoms with Crippen molar-refractivity contribution in [2.75, 3.05) is 5.32 Å². The first-order chi connectivity index (χ1) is 9.54. The molecular weight excluding hydrogens is 409 g/mol. The number of ketones is 1. The summed E-state index contributed by atoms with van der Waals surface area (Å²) in [4.78, 5) is 24.2. The first-order valence-electron chi connectivity index (χ1n) is 5.88. The van der Waals surface area contributed by atoms with E-state index in [2.05, 4.69) is 27.9 Å². The van der Waals surface area contributed by atoms with Crippen LogP contribution in [0.25, 0.3) is 0 Å². The lowest BCUT2D eigenvalue weighted by atomic mass is 10.2. The Kier molecular flexibility index (Phi) is 5.56. The molecule has 6 heteroatoms. The van der Waals surface area contributed by atoms with E-state index in [0.717, 1.165) is 9.26 Å². The van der Waals surface area contributed by atoms with Crippen molar-refractivity contribution in [3.8, 4) is 0 Å². The van der Waals surface area contributed by atoms with Gasteiger partial charge >= 0.3 is 0 Å². The van der Waals surface area contributed by atoms with Crippen LogP contribution in [0.4, 0.5) is 5.69 Å². The summed E-state index contributed by atoms with van der Waals surface area (Å²) in [7, 11) is 0. The molecule has 0 saturated carbocycles. The molecule has 1 N–H and O–H groups in total. The molecule has 0 saturated heterocycles. The Morgan fingerprint density at radius 3 is 2.40 bits per heavy atom. The molecule has 0 atom stereocenters. The Hall–Kier alpha value is -0.920. The molecule has 0 aliphatic heterocycles. The van der Waals surface area contributed by atoms with Crippen LogP contribution in [0.3, 0.4) is 0 Å². The normalized spacial score (nSPS) is 10.3. The van der Waals surface area contributed by atoms with Crippen LogP contribution in [0.2, 0.25) is 4.34 Å². The summed E-state index contributed by atoms with van der Waals surface area (Å²) in [6.45, 7) is 0. The number of nitrogens with one attached hydrogen (secondary N) is 1. The van der Waals surface area contributed by atoms with Crippen LogP contribution in [0.5, 0.6) is 0 Å². The minimum atomic E-state index is -0.165. The highest BCUT2D eigenvalue weighted by molar-refractivity contribution is 14.1. The van der Waals surface area contributed by atoms with Crippen LogP contribution in [-0.2, 0) is 4.79 Å². The van der Waals surface area contributed by atoms with Crippen LogP contribution < -0.4 is 5.32 Å². The zero-order valence-corrected chi connectivity index (χ0v) is 14.1. The molecule has 2 aromatic rings. The summed E-state index contributed by atoms with van der Waals surface area (Å²) >= 11 is 9.21. The third-order valence-corrected chi connectivity index (χ3v) is 4.55. The van der Waals surface area contributed by atoms with E-state index in [1.54, 1.807) is 12.1 Å². The van der Waals surface area contributed by atoms with Gasteiger partial charge in [-0.1, -0.05) is 11.6 Å². The van der Waals surface area contributed by atoms with E-state index in [1.165, 1.54) is 11.3 Å². The van der Waals surface area contributed by atoms with Crippen molar-refractivity contribution in [2.45, 2.75) is 12.8 Å². The maximum absolute atomic E-state index is 11.8. The van der Waals surface area contributed by atoms with Gasteiger partial charge in [-0.15, -0.1) is 11.3 Å². The molecule has 0 radical (unpaired) electrons. The van der Waals surface area contributed by atoms with Crippen LogP contribution in [0.1, 0.15) is 22.5 Å². The van der Waals surface area contributed by atoms with Crippen molar-refractivity contribution in [2.24, 2.45) is 0 Å². The second-order valence-corrected chi connectivity index (χ2v) is 7.04. The molecule has 3 nitrogen and oxygen atoms in total. The van der Waals surface area contributed by atoms with Gasteiger partial charge in [0.05, 0.1) is 9.21 Å². The smallest absolute Gasteiger partial charge is 0.224 e. The predicted molar refractivity (Wildman–Crippen MR) is 90.7 cm³/mol. The molecule has 1 aromatic heterocycles. The van der Waals surface area contributed by atoms with E-state index in [-0.39, 0.29) is 24.5 Å². The first kappa shape index (κ1) is 15.5. The monoisotopic (exact) mass is 419 g/mol. The number of hydrogen-bond acceptors (Lipinski definition) is 3. The number of anilines is 1. The molecule has 1 amide bonds. The summed E-state index contributed by atoms with van der Waals surface area (Å²) in [6, 6.07) is 10.9. The second-order valence-electron chi connectivity index (χ2n) is 4.08. The number of carbonyl (C=O) groups is 2. The van der Waals surface area contributed by atoms with Gasteiger partial charge in [-0.25, -0.2) is 0 Å². The van der Waals surface area contributed by atoms with E-state index in [0.29, 0.717) is 9.21 Å². The molecule has 2 rings (SSSR count). The van der Waals surface area contributed by atoms with Crippen LogP contribution in [0.15, 0.2) is 36.4 Å². The average Bonchev–Trinajstić information content (AvgIpc) is 2.85. The molecule has 0 spiro atoms. The van der Waals surface area contributed by atoms with Gasteiger partial charge in [0.25, 0.3) is 0 Å². The number of rotatable bonds is 5. The van der Waals surface area contributed by atoms with Gasteiger partial charge in [-0.2, -0.15) is 0 Å². The minimum Gasteiger partial charge on any atom is -0.326 e. The van der Waals surface area contributed by atoms with Crippen LogP contribution >= 0.6 is 45.5 Å². The molecule has 1 heterocycles. The summed E-state index contributed by atoms with van der Waals surface area (Å²) in [6.07, 6.45) is 0.355. The minimum absolute atomic E-state index is 0.0559. The maximum Gasteiger partial charge on any atom is 0.224 e. The van der Waals surface area contributed by atoms with E-state index in [9.17, 15) is 9.59 Å². The molecular formula is C14H11ClINO2S. The summed E-state index contributed by atoms with van der Waals surface area (Å²) in [5.41, 5.74) is 0.738. The fourth-order valence-corrected chi connectivity index (χ4v) is 2.94. The average molecular weight is 420 g/mol. The zero-order chi connectivity index (χ0) is 14.5. The van der Waals surface area contributed by atoms with E-state index < -0.39 is 0 Å². The van der Waals surface area contributed by atoms with Crippen molar-refractivity contribution in [3.63, 3.8) is 0 Å². The molecule has 0 aliphatic rings. The predicted octanol–water partition coefficient (Wildman–Crippen LogP) is 4.61. The first-order valence-corrected chi connectivity index (χ1v) is 8.16. The van der Waals surface area contributed by atoms with Gasteiger partial charge in [0, 0.05) is 22.1 Å². The van der Waals surface area contributed by atoms with Gasteiger partial charge in [0.15, 0.2) is 5.78 Å². The molecule has 104 valence electrons. The van der Waals surface area contributed by atoms with Crippen LogP contribution in [-0.4, -0.2) is 11.7 Å². The van der Waals surface area contributed by atoms with E-state index in [1.807, 2.05) is 24.3 Å². The standard InChI is InChI=1S/C14H11ClINO2S/c15-13-7-6-12(20-13)11(18)5-8-14(19)17-10-3-1-9(16)2-4-10/h1-4,6-7H,5,8H2,(H,17,19). The Morgan fingerprint density at radius 2 is 1.80 bits per heavy atom. The summed E-state index contributed by atoms with van der Waals surface area (Å²) < 4.78 is 1.68. The molecule has 0 fully saturated rings. The van der Waals surface area contributed by atoms with Gasteiger partial charge in [-0.05, 0) is 59.0 Å². The van der Waals surface area contributed by atoms with Crippen molar-refractivity contribution >= 4 is 62.9 Å². The Morgan fingerprint density at radius 1 is 1.10 bits per heavy atom. The lowest BCUT2D eigenvalue weighted by molar-refractivity contribution is -0.116. The lowest BCUT2D eigenvalue weighted by Crippen LogP contribution is -2.13. The number of halogens is 2. The summed E-state index contributed by atoms with van der Waals surface area (Å²) in [5.74, 6) is -0.220. The molecule has 20 heavy (non-hydrogen) atoms. The number of Topliss-reactive ketones (excluding diaryl/α,β-unsaturated/α-hetero) is 1. The molecule has 1 aromatic carbocycles. The maximum atomic E-state index is 11.8. The molecule has 0 bridgehead atoms. The zero-order valence-electron chi connectivity index (χ0n) is 10.4. The SMILES string of the molecule is O=C(CCC(=O)c1ccc(Cl)s1)Nc1ccc(I)cc1. The molecule has 0 aliphatic carbocycles. The summed E-state index contributed by atoms with van der Waals surface area (Å²) in [5, 5.41) is 2.76. The van der Waals surface area contributed by atoms with Gasteiger partial charge in [0.2, 0.25) is 5.91 Å². The number of hydrogen-bond donors (Lipinski definition) is 1.